The maximum absolute atomic E-state index is 11.9. The van der Waals surface area contributed by atoms with Crippen LogP contribution in [0.5, 0.6) is 0 Å². The molecular formula is C14H28N2O2S. The fourth-order valence-electron chi connectivity index (χ4n) is 3.35. The lowest BCUT2D eigenvalue weighted by atomic mass is 9.90. The minimum absolute atomic E-state index is 0.245. The molecule has 2 heterocycles. The monoisotopic (exact) mass is 288 g/mol. The summed E-state index contributed by atoms with van der Waals surface area (Å²) < 4.78 is 23.9. The van der Waals surface area contributed by atoms with E-state index in [1.165, 1.54) is 25.7 Å². The van der Waals surface area contributed by atoms with E-state index < -0.39 is 9.84 Å². The summed E-state index contributed by atoms with van der Waals surface area (Å²) in [6, 6.07) is 0.607. The highest BCUT2D eigenvalue weighted by Gasteiger charge is 2.33. The van der Waals surface area contributed by atoms with Gasteiger partial charge in [-0.1, -0.05) is 0 Å². The molecular weight excluding hydrogens is 260 g/mol. The van der Waals surface area contributed by atoms with Gasteiger partial charge in [-0.3, -0.25) is 4.90 Å². The van der Waals surface area contributed by atoms with E-state index >= 15 is 0 Å². The molecule has 112 valence electrons. The van der Waals surface area contributed by atoms with Crippen molar-refractivity contribution in [3.8, 4) is 0 Å². The molecule has 0 radical (unpaired) electrons. The van der Waals surface area contributed by atoms with Gasteiger partial charge in [-0.15, -0.1) is 0 Å². The quantitative estimate of drug-likeness (QED) is 0.828. The molecule has 2 rings (SSSR count). The largest absolute Gasteiger partial charge is 0.316 e. The van der Waals surface area contributed by atoms with Crippen LogP contribution in [-0.4, -0.2) is 56.5 Å². The Hall–Kier alpha value is -0.130. The number of hydrogen-bond acceptors (Lipinski definition) is 4. The number of sulfone groups is 1. The van der Waals surface area contributed by atoms with Crippen LogP contribution in [0.3, 0.4) is 0 Å². The summed E-state index contributed by atoms with van der Waals surface area (Å²) >= 11 is 0. The number of nitrogens with one attached hydrogen (secondary N) is 1. The molecule has 0 aromatic carbocycles. The van der Waals surface area contributed by atoms with Crippen LogP contribution in [-0.2, 0) is 9.84 Å². The molecule has 2 atom stereocenters. The van der Waals surface area contributed by atoms with Crippen LogP contribution in [0.25, 0.3) is 0 Å². The molecule has 0 saturated carbocycles. The van der Waals surface area contributed by atoms with Crippen molar-refractivity contribution in [2.24, 2.45) is 5.92 Å². The Kier molecular flexibility index (Phi) is 5.26. The second-order valence-corrected chi connectivity index (χ2v) is 8.94. The lowest BCUT2D eigenvalue weighted by Gasteiger charge is -2.34. The maximum atomic E-state index is 11.9. The minimum Gasteiger partial charge on any atom is -0.316 e. The molecule has 2 aliphatic rings. The minimum atomic E-state index is -2.90. The van der Waals surface area contributed by atoms with Crippen LogP contribution < -0.4 is 5.32 Å². The topological polar surface area (TPSA) is 49.4 Å². The van der Waals surface area contributed by atoms with Crippen molar-refractivity contribution in [3.05, 3.63) is 0 Å². The zero-order chi connectivity index (χ0) is 13.9. The molecule has 19 heavy (non-hydrogen) atoms. The lowest BCUT2D eigenvalue weighted by Crippen LogP contribution is -2.44. The van der Waals surface area contributed by atoms with Gasteiger partial charge in [0.05, 0.1) is 11.0 Å². The molecule has 5 heteroatoms. The van der Waals surface area contributed by atoms with Gasteiger partial charge >= 0.3 is 0 Å². The average molecular weight is 288 g/mol. The van der Waals surface area contributed by atoms with Gasteiger partial charge in [-0.05, 0) is 65.1 Å². The zero-order valence-electron chi connectivity index (χ0n) is 12.3. The average Bonchev–Trinajstić information content (AvgIpc) is 2.85. The van der Waals surface area contributed by atoms with Crippen LogP contribution in [0, 0.1) is 5.92 Å². The van der Waals surface area contributed by atoms with Gasteiger partial charge in [-0.25, -0.2) is 8.42 Å². The molecule has 4 nitrogen and oxygen atoms in total. The Morgan fingerprint density at radius 2 is 2.05 bits per heavy atom. The zero-order valence-corrected chi connectivity index (χ0v) is 13.1. The summed E-state index contributed by atoms with van der Waals surface area (Å²) in [7, 11) is -2.90. The molecule has 2 unspecified atom stereocenters. The van der Waals surface area contributed by atoms with E-state index in [1.54, 1.807) is 13.8 Å². The third-order valence-corrected chi connectivity index (χ3v) is 6.86. The van der Waals surface area contributed by atoms with Crippen LogP contribution >= 0.6 is 0 Å². The van der Waals surface area contributed by atoms with E-state index in [-0.39, 0.29) is 5.25 Å². The van der Waals surface area contributed by atoms with E-state index in [0.29, 0.717) is 11.8 Å². The van der Waals surface area contributed by atoms with Crippen molar-refractivity contribution in [1.29, 1.82) is 0 Å². The molecule has 0 aliphatic carbocycles. The summed E-state index contributed by atoms with van der Waals surface area (Å²) in [6.45, 7) is 7.61. The third kappa shape index (κ3) is 3.92. The van der Waals surface area contributed by atoms with E-state index in [1.807, 2.05) is 0 Å². The second kappa shape index (κ2) is 6.55. The smallest absolute Gasteiger partial charge is 0.153 e. The normalized spacial score (nSPS) is 30.1. The lowest BCUT2D eigenvalue weighted by molar-refractivity contribution is 0.173. The fourth-order valence-corrected chi connectivity index (χ4v) is 4.31. The molecule has 2 saturated heterocycles. The first-order valence-electron chi connectivity index (χ1n) is 7.67. The molecule has 0 aromatic rings. The third-order valence-electron chi connectivity index (χ3n) is 4.67. The Labute approximate surface area is 117 Å². The van der Waals surface area contributed by atoms with E-state index in [2.05, 4.69) is 10.2 Å². The van der Waals surface area contributed by atoms with Crippen LogP contribution in [0.2, 0.25) is 0 Å². The van der Waals surface area contributed by atoms with Crippen molar-refractivity contribution < 1.29 is 8.42 Å². The van der Waals surface area contributed by atoms with Gasteiger partial charge in [0.25, 0.3) is 0 Å². The standard InChI is InChI=1S/C14H28N2O2S/c1-12(2)19(17,18)10-9-16-8-4-6-14(16)13-5-3-7-15-11-13/h12-15H,3-11H2,1-2H3. The highest BCUT2D eigenvalue weighted by atomic mass is 32.2. The number of rotatable bonds is 5. The molecule has 2 fully saturated rings. The predicted octanol–water partition coefficient (Wildman–Crippen LogP) is 1.27. The molecule has 2 aliphatic heterocycles. The van der Waals surface area contributed by atoms with Gasteiger partial charge in [-0.2, -0.15) is 0 Å². The highest BCUT2D eigenvalue weighted by Crippen LogP contribution is 2.28. The summed E-state index contributed by atoms with van der Waals surface area (Å²) in [6.07, 6.45) is 5.03. The van der Waals surface area contributed by atoms with Crippen molar-refractivity contribution in [2.75, 3.05) is 31.9 Å². The Morgan fingerprint density at radius 3 is 2.68 bits per heavy atom. The summed E-state index contributed by atoms with van der Waals surface area (Å²) in [5, 5.41) is 3.23. The van der Waals surface area contributed by atoms with Gasteiger partial charge in [0.15, 0.2) is 9.84 Å². The number of piperidine rings is 1. The van der Waals surface area contributed by atoms with Gasteiger partial charge in [0.2, 0.25) is 0 Å². The van der Waals surface area contributed by atoms with E-state index in [0.717, 1.165) is 32.1 Å². The van der Waals surface area contributed by atoms with E-state index in [9.17, 15) is 8.42 Å². The second-order valence-electron chi connectivity index (χ2n) is 6.27. The first-order chi connectivity index (χ1) is 9.00. The van der Waals surface area contributed by atoms with Gasteiger partial charge < -0.3 is 5.32 Å². The van der Waals surface area contributed by atoms with Crippen LogP contribution in [0.15, 0.2) is 0 Å². The van der Waals surface area contributed by atoms with Gasteiger partial charge in [0, 0.05) is 12.6 Å². The summed E-state index contributed by atoms with van der Waals surface area (Å²) in [5.74, 6) is 1.04. The maximum Gasteiger partial charge on any atom is 0.153 e. The molecule has 0 spiro atoms. The SMILES string of the molecule is CC(C)S(=O)(=O)CCN1CCCC1C1CCCNC1. The van der Waals surface area contributed by atoms with Crippen molar-refractivity contribution >= 4 is 9.84 Å². The predicted molar refractivity (Wildman–Crippen MR) is 79.1 cm³/mol. The number of nitrogens with zero attached hydrogens (tertiary/aromatic N) is 1. The Morgan fingerprint density at radius 1 is 1.26 bits per heavy atom. The summed E-state index contributed by atoms with van der Waals surface area (Å²) in [4.78, 5) is 2.43. The molecule has 0 aromatic heterocycles. The van der Waals surface area contributed by atoms with Crippen LogP contribution in [0.4, 0.5) is 0 Å². The number of likely N-dealkylation sites (tertiary alicyclic amines) is 1. The number of hydrogen-bond donors (Lipinski definition) is 1. The first-order valence-corrected chi connectivity index (χ1v) is 9.38. The van der Waals surface area contributed by atoms with Crippen molar-refractivity contribution in [3.63, 3.8) is 0 Å². The Balaban J connectivity index is 1.88. The van der Waals surface area contributed by atoms with E-state index in [4.69, 9.17) is 0 Å². The van der Waals surface area contributed by atoms with Crippen molar-refractivity contribution in [2.45, 2.75) is 50.8 Å². The Bertz CT molecular complexity index is 375. The fraction of sp³-hybridized carbons (Fsp3) is 1.00. The van der Waals surface area contributed by atoms with Crippen molar-refractivity contribution in [1.82, 2.24) is 10.2 Å². The molecule has 0 amide bonds. The van der Waals surface area contributed by atoms with Gasteiger partial charge in [0.1, 0.15) is 0 Å². The van der Waals surface area contributed by atoms with Crippen LogP contribution in [0.1, 0.15) is 39.5 Å². The molecule has 0 bridgehead atoms. The molecule has 1 N–H and O–H groups in total. The first kappa shape index (κ1) is 15.3. The highest BCUT2D eigenvalue weighted by molar-refractivity contribution is 7.92. The summed E-state index contributed by atoms with van der Waals surface area (Å²) in [5.41, 5.74) is 0.